The van der Waals surface area contributed by atoms with E-state index < -0.39 is 0 Å². The van der Waals surface area contributed by atoms with E-state index in [4.69, 9.17) is 0 Å². The first-order valence-corrected chi connectivity index (χ1v) is 8.34. The summed E-state index contributed by atoms with van der Waals surface area (Å²) in [4.78, 5) is 19.9. The average molecular weight is 362 g/mol. The van der Waals surface area contributed by atoms with Gasteiger partial charge in [-0.1, -0.05) is 30.3 Å². The van der Waals surface area contributed by atoms with Crippen molar-refractivity contribution in [2.24, 2.45) is 0 Å². The molecule has 1 aliphatic heterocycles. The van der Waals surface area contributed by atoms with Crippen LogP contribution in [0.4, 0.5) is 0 Å². The summed E-state index contributed by atoms with van der Waals surface area (Å²) < 4.78 is 0.909. The molecule has 4 nitrogen and oxygen atoms in total. The molecule has 1 aromatic heterocycles. The number of H-pyrrole nitrogens is 1. The lowest BCUT2D eigenvalue weighted by Gasteiger charge is -2.39. The number of halogens is 1. The zero-order chi connectivity index (χ0) is 15.5. The van der Waals surface area contributed by atoms with E-state index in [9.17, 15) is 4.79 Å². The number of hydrogen-bond donors (Lipinski definition) is 1. The predicted octanol–water partition coefficient (Wildman–Crippen LogP) is 3.12. The van der Waals surface area contributed by atoms with Crippen molar-refractivity contribution in [2.45, 2.75) is 19.5 Å². The van der Waals surface area contributed by atoms with E-state index in [0.717, 1.165) is 30.7 Å². The summed E-state index contributed by atoms with van der Waals surface area (Å²) in [7, 11) is 0. The Labute approximate surface area is 139 Å². The standard InChI is InChI=1S/C17H20BrN3O/c1-13-11-20(12-14-5-3-2-4-6-14)7-8-21(13)17(22)16-9-15(18)10-19-16/h2-6,9-10,13,19H,7-8,11-12H2,1H3/t13-/m0/s1. The molecular weight excluding hydrogens is 342 g/mol. The number of rotatable bonds is 3. The Balaban J connectivity index is 1.61. The number of nitrogens with zero attached hydrogens (tertiary/aromatic N) is 2. The maximum Gasteiger partial charge on any atom is 0.270 e. The third-order valence-electron chi connectivity index (χ3n) is 4.10. The van der Waals surface area contributed by atoms with Gasteiger partial charge in [0, 0.05) is 42.9 Å². The monoisotopic (exact) mass is 361 g/mol. The molecule has 1 aliphatic rings. The van der Waals surface area contributed by atoms with Crippen LogP contribution in [0.15, 0.2) is 47.1 Å². The van der Waals surface area contributed by atoms with Crippen LogP contribution in [0.1, 0.15) is 23.0 Å². The Morgan fingerprint density at radius 2 is 2.09 bits per heavy atom. The molecule has 1 atom stereocenters. The minimum Gasteiger partial charge on any atom is -0.356 e. The third kappa shape index (κ3) is 3.42. The highest BCUT2D eigenvalue weighted by molar-refractivity contribution is 9.10. The number of aromatic amines is 1. The molecule has 3 rings (SSSR count). The van der Waals surface area contributed by atoms with Gasteiger partial charge in [0.25, 0.3) is 5.91 Å². The zero-order valence-corrected chi connectivity index (χ0v) is 14.2. The molecular formula is C17H20BrN3O. The fourth-order valence-electron chi connectivity index (χ4n) is 2.97. The first-order chi connectivity index (χ1) is 10.6. The second-order valence-electron chi connectivity index (χ2n) is 5.80. The molecule has 22 heavy (non-hydrogen) atoms. The van der Waals surface area contributed by atoms with Crippen molar-refractivity contribution in [3.8, 4) is 0 Å². The van der Waals surface area contributed by atoms with Crippen molar-refractivity contribution in [1.82, 2.24) is 14.8 Å². The van der Waals surface area contributed by atoms with Crippen molar-refractivity contribution in [1.29, 1.82) is 0 Å². The molecule has 0 spiro atoms. The molecule has 2 aromatic rings. The fourth-order valence-corrected chi connectivity index (χ4v) is 3.31. The molecule has 0 radical (unpaired) electrons. The van der Waals surface area contributed by atoms with Gasteiger partial charge >= 0.3 is 0 Å². The van der Waals surface area contributed by atoms with E-state index in [1.54, 1.807) is 6.20 Å². The van der Waals surface area contributed by atoms with Crippen LogP contribution in [-0.2, 0) is 6.54 Å². The van der Waals surface area contributed by atoms with Gasteiger partial charge < -0.3 is 9.88 Å². The normalized spacial score (nSPS) is 19.4. The summed E-state index contributed by atoms with van der Waals surface area (Å²) in [5, 5.41) is 0. The SMILES string of the molecule is C[C@H]1CN(Cc2ccccc2)CCN1C(=O)c1cc(Br)c[nH]1. The zero-order valence-electron chi connectivity index (χ0n) is 12.6. The average Bonchev–Trinajstić information content (AvgIpc) is 2.94. The second-order valence-corrected chi connectivity index (χ2v) is 6.72. The van der Waals surface area contributed by atoms with Crippen molar-refractivity contribution in [3.63, 3.8) is 0 Å². The molecule has 2 heterocycles. The molecule has 1 N–H and O–H groups in total. The van der Waals surface area contributed by atoms with Crippen molar-refractivity contribution < 1.29 is 4.79 Å². The van der Waals surface area contributed by atoms with Crippen LogP contribution in [0.3, 0.4) is 0 Å². The number of carbonyl (C=O) groups is 1. The number of aromatic nitrogens is 1. The largest absolute Gasteiger partial charge is 0.356 e. The topological polar surface area (TPSA) is 39.3 Å². The fraction of sp³-hybridized carbons (Fsp3) is 0.353. The van der Waals surface area contributed by atoms with Crippen LogP contribution < -0.4 is 0 Å². The lowest BCUT2D eigenvalue weighted by molar-refractivity contribution is 0.0470. The summed E-state index contributed by atoms with van der Waals surface area (Å²) >= 11 is 3.38. The molecule has 1 saturated heterocycles. The quantitative estimate of drug-likeness (QED) is 0.911. The smallest absolute Gasteiger partial charge is 0.270 e. The molecule has 0 aliphatic carbocycles. The molecule has 1 amide bonds. The van der Waals surface area contributed by atoms with Crippen LogP contribution in [0, 0.1) is 0 Å². The highest BCUT2D eigenvalue weighted by Gasteiger charge is 2.28. The van der Waals surface area contributed by atoms with Crippen molar-refractivity contribution >= 4 is 21.8 Å². The molecule has 1 aromatic carbocycles. The number of benzene rings is 1. The number of amides is 1. The summed E-state index contributed by atoms with van der Waals surface area (Å²) in [6.07, 6.45) is 1.80. The van der Waals surface area contributed by atoms with E-state index in [2.05, 4.69) is 57.0 Å². The maximum absolute atomic E-state index is 12.5. The van der Waals surface area contributed by atoms with Gasteiger partial charge in [0.15, 0.2) is 0 Å². The van der Waals surface area contributed by atoms with E-state index in [0.29, 0.717) is 5.69 Å². The van der Waals surface area contributed by atoms with Crippen LogP contribution in [0.5, 0.6) is 0 Å². The van der Waals surface area contributed by atoms with Crippen LogP contribution in [-0.4, -0.2) is 46.4 Å². The van der Waals surface area contributed by atoms with Gasteiger partial charge in [0.2, 0.25) is 0 Å². The Bertz CT molecular complexity index is 640. The van der Waals surface area contributed by atoms with Gasteiger partial charge in [-0.15, -0.1) is 0 Å². The lowest BCUT2D eigenvalue weighted by Crippen LogP contribution is -2.53. The number of hydrogen-bond acceptors (Lipinski definition) is 2. The summed E-state index contributed by atoms with van der Waals surface area (Å²) in [6.45, 7) is 5.65. The van der Waals surface area contributed by atoms with Gasteiger partial charge in [-0.05, 0) is 34.5 Å². The van der Waals surface area contributed by atoms with Crippen LogP contribution in [0.2, 0.25) is 0 Å². The van der Waals surface area contributed by atoms with Gasteiger partial charge in [-0.25, -0.2) is 0 Å². The Morgan fingerprint density at radius 3 is 2.73 bits per heavy atom. The summed E-state index contributed by atoms with van der Waals surface area (Å²) in [5.41, 5.74) is 1.97. The van der Waals surface area contributed by atoms with Gasteiger partial charge in [0.05, 0.1) is 0 Å². The summed E-state index contributed by atoms with van der Waals surface area (Å²) in [6, 6.07) is 12.5. The first-order valence-electron chi connectivity index (χ1n) is 7.54. The van der Waals surface area contributed by atoms with Crippen molar-refractivity contribution in [3.05, 3.63) is 58.3 Å². The van der Waals surface area contributed by atoms with Crippen LogP contribution in [0.25, 0.3) is 0 Å². The van der Waals surface area contributed by atoms with E-state index >= 15 is 0 Å². The Hall–Kier alpha value is -1.59. The molecule has 0 saturated carbocycles. The van der Waals surface area contributed by atoms with Crippen molar-refractivity contribution in [2.75, 3.05) is 19.6 Å². The number of nitrogens with one attached hydrogen (secondary N) is 1. The Morgan fingerprint density at radius 1 is 1.32 bits per heavy atom. The highest BCUT2D eigenvalue weighted by atomic mass is 79.9. The van der Waals surface area contributed by atoms with Gasteiger partial charge in [-0.2, -0.15) is 0 Å². The molecule has 116 valence electrons. The molecule has 5 heteroatoms. The highest BCUT2D eigenvalue weighted by Crippen LogP contribution is 2.18. The number of piperazine rings is 1. The van der Waals surface area contributed by atoms with E-state index in [1.165, 1.54) is 5.56 Å². The Kier molecular flexibility index (Phi) is 4.64. The minimum absolute atomic E-state index is 0.0811. The summed E-state index contributed by atoms with van der Waals surface area (Å²) in [5.74, 6) is 0.0811. The predicted molar refractivity (Wildman–Crippen MR) is 90.7 cm³/mol. The molecule has 1 fully saturated rings. The lowest BCUT2D eigenvalue weighted by atomic mass is 10.1. The van der Waals surface area contributed by atoms with E-state index in [-0.39, 0.29) is 11.9 Å². The second kappa shape index (κ2) is 6.67. The third-order valence-corrected chi connectivity index (χ3v) is 4.56. The number of carbonyl (C=O) groups excluding carboxylic acids is 1. The first kappa shape index (κ1) is 15.3. The molecule has 0 bridgehead atoms. The maximum atomic E-state index is 12.5. The molecule has 0 unspecified atom stereocenters. The van der Waals surface area contributed by atoms with Gasteiger partial charge in [0.1, 0.15) is 5.69 Å². The van der Waals surface area contributed by atoms with E-state index in [1.807, 2.05) is 17.0 Å². The van der Waals surface area contributed by atoms with Crippen LogP contribution >= 0.6 is 15.9 Å². The minimum atomic E-state index is 0.0811. The van der Waals surface area contributed by atoms with Gasteiger partial charge in [-0.3, -0.25) is 9.69 Å².